The third-order valence-electron chi connectivity index (χ3n) is 3.93. The van der Waals surface area contributed by atoms with Crippen molar-refractivity contribution in [2.75, 3.05) is 13.1 Å². The molecule has 5 nitrogen and oxygen atoms in total. The molecule has 126 valence electrons. The van der Waals surface area contributed by atoms with Crippen LogP contribution in [0.2, 0.25) is 5.02 Å². The van der Waals surface area contributed by atoms with Gasteiger partial charge < -0.3 is 5.32 Å². The molecule has 0 bridgehead atoms. The Bertz CT molecular complexity index is 883. The SMILES string of the molecule is Cc1cccc(C2C(=O)NCCN2S(=O)(=O)c2cccc(Cl)c2)c1. The number of piperazine rings is 1. The fourth-order valence-corrected chi connectivity index (χ4v) is 4.70. The quantitative estimate of drug-likeness (QED) is 0.910. The number of carbonyl (C=O) groups excluding carboxylic acids is 1. The Hall–Kier alpha value is -1.89. The molecule has 1 N–H and O–H groups in total. The summed E-state index contributed by atoms with van der Waals surface area (Å²) in [6, 6.07) is 12.5. The average Bonchev–Trinajstić information content (AvgIpc) is 2.54. The highest BCUT2D eigenvalue weighted by molar-refractivity contribution is 7.89. The first-order valence-electron chi connectivity index (χ1n) is 7.51. The minimum Gasteiger partial charge on any atom is -0.353 e. The van der Waals surface area contributed by atoms with Gasteiger partial charge in [-0.3, -0.25) is 4.79 Å². The van der Waals surface area contributed by atoms with Crippen molar-refractivity contribution in [3.63, 3.8) is 0 Å². The Morgan fingerprint density at radius 1 is 1.17 bits per heavy atom. The number of carbonyl (C=O) groups is 1. The molecule has 0 saturated carbocycles. The van der Waals surface area contributed by atoms with E-state index in [1.54, 1.807) is 18.2 Å². The van der Waals surface area contributed by atoms with E-state index >= 15 is 0 Å². The number of nitrogens with one attached hydrogen (secondary N) is 1. The Morgan fingerprint density at radius 2 is 1.92 bits per heavy atom. The largest absolute Gasteiger partial charge is 0.353 e. The number of halogens is 1. The van der Waals surface area contributed by atoms with E-state index in [1.165, 1.54) is 16.4 Å². The van der Waals surface area contributed by atoms with E-state index in [-0.39, 0.29) is 23.9 Å². The summed E-state index contributed by atoms with van der Waals surface area (Å²) in [6.45, 7) is 2.39. The predicted octanol–water partition coefficient (Wildman–Crippen LogP) is 2.51. The van der Waals surface area contributed by atoms with Gasteiger partial charge in [0.15, 0.2) is 0 Å². The first-order valence-corrected chi connectivity index (χ1v) is 9.33. The lowest BCUT2D eigenvalue weighted by atomic mass is 10.0. The average molecular weight is 365 g/mol. The molecule has 1 amide bonds. The fourth-order valence-electron chi connectivity index (χ4n) is 2.83. The summed E-state index contributed by atoms with van der Waals surface area (Å²) < 4.78 is 27.3. The standard InChI is InChI=1S/C17H17ClN2O3S/c1-12-4-2-5-13(10-12)16-17(21)19-8-9-20(16)24(22,23)15-7-3-6-14(18)11-15/h2-7,10-11,16H,8-9H2,1H3,(H,19,21). The molecule has 2 aromatic rings. The zero-order chi connectivity index (χ0) is 17.3. The van der Waals surface area contributed by atoms with Crippen molar-refractivity contribution < 1.29 is 13.2 Å². The molecular formula is C17H17ClN2O3S. The van der Waals surface area contributed by atoms with Crippen LogP contribution in [0.5, 0.6) is 0 Å². The second kappa shape index (κ2) is 6.55. The van der Waals surface area contributed by atoms with Gasteiger partial charge in [0.1, 0.15) is 6.04 Å². The molecule has 1 aliphatic rings. The van der Waals surface area contributed by atoms with Crippen LogP contribution in [0.3, 0.4) is 0 Å². The van der Waals surface area contributed by atoms with Crippen LogP contribution in [0.1, 0.15) is 17.2 Å². The van der Waals surface area contributed by atoms with Crippen LogP contribution in [0.25, 0.3) is 0 Å². The highest BCUT2D eigenvalue weighted by Gasteiger charge is 2.39. The molecule has 1 saturated heterocycles. The number of hydrogen-bond donors (Lipinski definition) is 1. The summed E-state index contributed by atoms with van der Waals surface area (Å²) in [4.78, 5) is 12.5. The maximum Gasteiger partial charge on any atom is 0.244 e. The Balaban J connectivity index is 2.08. The van der Waals surface area contributed by atoms with E-state index < -0.39 is 16.1 Å². The van der Waals surface area contributed by atoms with Gasteiger partial charge >= 0.3 is 0 Å². The first-order chi connectivity index (χ1) is 11.4. The van der Waals surface area contributed by atoms with Crippen LogP contribution in [-0.2, 0) is 14.8 Å². The summed E-state index contributed by atoms with van der Waals surface area (Å²) in [5.74, 6) is -0.322. The summed E-state index contributed by atoms with van der Waals surface area (Å²) in [5.41, 5.74) is 1.61. The number of aryl methyl sites for hydroxylation is 1. The third-order valence-corrected chi connectivity index (χ3v) is 6.02. The molecular weight excluding hydrogens is 348 g/mol. The van der Waals surface area contributed by atoms with Gasteiger partial charge in [0.25, 0.3) is 0 Å². The molecule has 1 aliphatic heterocycles. The molecule has 7 heteroatoms. The van der Waals surface area contributed by atoms with Gasteiger partial charge in [-0.1, -0.05) is 47.5 Å². The molecule has 24 heavy (non-hydrogen) atoms. The molecule has 1 heterocycles. The van der Waals surface area contributed by atoms with Crippen LogP contribution in [0.15, 0.2) is 53.4 Å². The molecule has 0 spiro atoms. The van der Waals surface area contributed by atoms with E-state index in [9.17, 15) is 13.2 Å². The minimum absolute atomic E-state index is 0.0855. The molecule has 0 radical (unpaired) electrons. The number of benzene rings is 2. The lowest BCUT2D eigenvalue weighted by molar-refractivity contribution is -0.126. The number of nitrogens with zero attached hydrogens (tertiary/aromatic N) is 1. The van der Waals surface area contributed by atoms with Crippen molar-refractivity contribution in [3.8, 4) is 0 Å². The number of rotatable bonds is 3. The summed E-state index contributed by atoms with van der Waals surface area (Å²) in [5, 5.41) is 3.08. The van der Waals surface area contributed by atoms with Crippen LogP contribution < -0.4 is 5.32 Å². The van der Waals surface area contributed by atoms with Crippen LogP contribution >= 0.6 is 11.6 Å². The van der Waals surface area contributed by atoms with Gasteiger partial charge in [-0.2, -0.15) is 4.31 Å². The summed E-state index contributed by atoms with van der Waals surface area (Å²) in [7, 11) is -3.84. The molecule has 1 fully saturated rings. The molecule has 0 aliphatic carbocycles. The second-order valence-electron chi connectivity index (χ2n) is 5.68. The zero-order valence-electron chi connectivity index (χ0n) is 13.1. The van der Waals surface area contributed by atoms with Gasteiger partial charge in [-0.25, -0.2) is 8.42 Å². The Labute approximate surface area is 146 Å². The predicted molar refractivity (Wildman–Crippen MR) is 92.3 cm³/mol. The highest BCUT2D eigenvalue weighted by atomic mass is 35.5. The molecule has 1 atom stereocenters. The Morgan fingerprint density at radius 3 is 2.62 bits per heavy atom. The number of hydrogen-bond acceptors (Lipinski definition) is 3. The van der Waals surface area contributed by atoms with E-state index in [1.807, 2.05) is 25.1 Å². The van der Waals surface area contributed by atoms with Crippen LogP contribution in [0.4, 0.5) is 0 Å². The van der Waals surface area contributed by atoms with Crippen molar-refractivity contribution in [3.05, 3.63) is 64.7 Å². The first kappa shape index (κ1) is 17.0. The van der Waals surface area contributed by atoms with E-state index in [0.717, 1.165) is 5.56 Å². The van der Waals surface area contributed by atoms with Gasteiger partial charge in [0.05, 0.1) is 4.90 Å². The maximum absolute atomic E-state index is 13.0. The number of amides is 1. The molecule has 2 aromatic carbocycles. The van der Waals surface area contributed by atoms with Crippen molar-refractivity contribution in [2.45, 2.75) is 17.9 Å². The van der Waals surface area contributed by atoms with E-state index in [4.69, 9.17) is 11.6 Å². The normalized spacial score (nSPS) is 19.1. The Kier molecular flexibility index (Phi) is 4.62. The smallest absolute Gasteiger partial charge is 0.244 e. The highest BCUT2D eigenvalue weighted by Crippen LogP contribution is 2.30. The van der Waals surface area contributed by atoms with Gasteiger partial charge in [0, 0.05) is 18.1 Å². The summed E-state index contributed by atoms with van der Waals surface area (Å²) in [6.07, 6.45) is 0. The molecule has 0 aromatic heterocycles. The van der Waals surface area contributed by atoms with Crippen molar-refractivity contribution in [2.24, 2.45) is 0 Å². The third kappa shape index (κ3) is 3.17. The van der Waals surface area contributed by atoms with Crippen molar-refractivity contribution >= 4 is 27.5 Å². The topological polar surface area (TPSA) is 66.5 Å². The maximum atomic E-state index is 13.0. The van der Waals surface area contributed by atoms with E-state index in [2.05, 4.69) is 5.32 Å². The monoisotopic (exact) mass is 364 g/mol. The van der Waals surface area contributed by atoms with Crippen molar-refractivity contribution in [1.29, 1.82) is 0 Å². The van der Waals surface area contributed by atoms with Gasteiger partial charge in [-0.05, 0) is 30.7 Å². The van der Waals surface area contributed by atoms with Crippen LogP contribution in [-0.4, -0.2) is 31.7 Å². The van der Waals surface area contributed by atoms with Gasteiger partial charge in [-0.15, -0.1) is 0 Å². The fraction of sp³-hybridized carbons (Fsp3) is 0.235. The molecule has 3 rings (SSSR count). The number of sulfonamides is 1. The lowest BCUT2D eigenvalue weighted by Crippen LogP contribution is -2.52. The van der Waals surface area contributed by atoms with Gasteiger partial charge in [0.2, 0.25) is 15.9 Å². The lowest BCUT2D eigenvalue weighted by Gasteiger charge is -2.34. The zero-order valence-corrected chi connectivity index (χ0v) is 14.6. The molecule has 1 unspecified atom stereocenters. The van der Waals surface area contributed by atoms with E-state index in [0.29, 0.717) is 10.6 Å². The minimum atomic E-state index is -3.84. The second-order valence-corrected chi connectivity index (χ2v) is 8.01. The summed E-state index contributed by atoms with van der Waals surface area (Å²) >= 11 is 5.93. The van der Waals surface area contributed by atoms with Crippen molar-refractivity contribution in [1.82, 2.24) is 9.62 Å². The van der Waals surface area contributed by atoms with Crippen LogP contribution in [0, 0.1) is 6.92 Å².